The second-order valence-electron chi connectivity index (χ2n) is 5.70. The Labute approximate surface area is 132 Å². The summed E-state index contributed by atoms with van der Waals surface area (Å²) in [6.45, 7) is -1.80. The van der Waals surface area contributed by atoms with Gasteiger partial charge in [-0.3, -0.25) is 4.79 Å². The summed E-state index contributed by atoms with van der Waals surface area (Å²) in [7, 11) is 0. The van der Waals surface area contributed by atoms with Crippen molar-refractivity contribution in [3.8, 4) is 5.75 Å². The maximum Gasteiger partial charge on any atom is 0.387 e. The molecule has 1 fully saturated rings. The molecular formula is C17H19F2NO3. The lowest BCUT2D eigenvalue weighted by atomic mass is 9.96. The van der Waals surface area contributed by atoms with Crippen molar-refractivity contribution < 1.29 is 18.3 Å². The Balaban J connectivity index is 1.75. The molecule has 23 heavy (non-hydrogen) atoms. The van der Waals surface area contributed by atoms with Gasteiger partial charge in [-0.15, -0.1) is 0 Å². The fourth-order valence-electron chi connectivity index (χ4n) is 2.68. The zero-order valence-electron chi connectivity index (χ0n) is 12.7. The number of nitrogens with zero attached hydrogens (tertiary/aromatic N) is 1. The number of aromatic nitrogens is 1. The fourth-order valence-corrected chi connectivity index (χ4v) is 2.68. The number of rotatable bonds is 7. The third-order valence-corrected chi connectivity index (χ3v) is 4.12. The average molecular weight is 323 g/mol. The highest BCUT2D eigenvalue weighted by Gasteiger charge is 2.17. The molecule has 0 spiro atoms. The van der Waals surface area contributed by atoms with Crippen LogP contribution in [0.4, 0.5) is 8.78 Å². The lowest BCUT2D eigenvalue weighted by Gasteiger charge is -2.25. The van der Waals surface area contributed by atoms with E-state index in [4.69, 9.17) is 4.74 Å². The van der Waals surface area contributed by atoms with Gasteiger partial charge in [-0.05, 0) is 49.3 Å². The van der Waals surface area contributed by atoms with Crippen LogP contribution in [0.15, 0.2) is 35.1 Å². The lowest BCUT2D eigenvalue weighted by Crippen LogP contribution is -2.24. The topological polar surface area (TPSA) is 40.5 Å². The summed E-state index contributed by atoms with van der Waals surface area (Å²) in [6, 6.07) is 7.81. The average Bonchev–Trinajstić information content (AvgIpc) is 2.46. The van der Waals surface area contributed by atoms with E-state index in [1.54, 1.807) is 16.7 Å². The normalized spacial score (nSPS) is 15.1. The Morgan fingerprint density at radius 2 is 2.00 bits per heavy atom. The molecule has 0 bridgehead atoms. The zero-order chi connectivity index (χ0) is 16.2. The summed E-state index contributed by atoms with van der Waals surface area (Å²) in [5, 5.41) is 0.811. The van der Waals surface area contributed by atoms with Gasteiger partial charge in [0.05, 0.1) is 11.6 Å². The number of benzene rings is 1. The molecule has 6 heteroatoms. The number of ether oxygens (including phenoxy) is 2. The van der Waals surface area contributed by atoms with Crippen LogP contribution in [0.3, 0.4) is 0 Å². The lowest BCUT2D eigenvalue weighted by molar-refractivity contribution is -0.0497. The third-order valence-electron chi connectivity index (χ3n) is 4.12. The maximum atomic E-state index is 12.4. The predicted molar refractivity (Wildman–Crippen MR) is 83.0 cm³/mol. The van der Waals surface area contributed by atoms with Crippen molar-refractivity contribution >= 4 is 10.9 Å². The molecular weight excluding hydrogens is 304 g/mol. The highest BCUT2D eigenvalue weighted by molar-refractivity contribution is 5.80. The standard InChI is InChI=1S/C17H19F2NO3/c18-17(19)23-14-7-5-12-6-8-16(21)20(15(12)11-14)9-2-10-22-13-3-1-4-13/h5-8,11,13,17H,1-4,9-10H2. The molecule has 124 valence electrons. The second-order valence-corrected chi connectivity index (χ2v) is 5.70. The van der Waals surface area contributed by atoms with Crippen molar-refractivity contribution in [1.29, 1.82) is 0 Å². The van der Waals surface area contributed by atoms with Gasteiger partial charge in [0.15, 0.2) is 0 Å². The fraction of sp³-hybridized carbons (Fsp3) is 0.471. The number of fused-ring (bicyclic) bond motifs is 1. The van der Waals surface area contributed by atoms with E-state index < -0.39 is 6.61 Å². The highest BCUT2D eigenvalue weighted by atomic mass is 19.3. The molecule has 1 heterocycles. The Morgan fingerprint density at radius 3 is 2.70 bits per heavy atom. The molecule has 0 radical (unpaired) electrons. The van der Waals surface area contributed by atoms with Crippen LogP contribution in [-0.2, 0) is 11.3 Å². The Morgan fingerprint density at radius 1 is 1.22 bits per heavy atom. The molecule has 1 aliphatic rings. The minimum absolute atomic E-state index is 0.0533. The smallest absolute Gasteiger partial charge is 0.387 e. The molecule has 0 aliphatic heterocycles. The van der Waals surface area contributed by atoms with Crippen molar-refractivity contribution in [2.24, 2.45) is 0 Å². The van der Waals surface area contributed by atoms with Crippen LogP contribution >= 0.6 is 0 Å². The molecule has 4 nitrogen and oxygen atoms in total. The van der Waals surface area contributed by atoms with Gasteiger partial charge in [0.2, 0.25) is 0 Å². The molecule has 1 saturated carbocycles. The molecule has 1 aromatic carbocycles. The molecule has 0 saturated heterocycles. The summed E-state index contributed by atoms with van der Waals surface area (Å²) in [6.07, 6.45) is 4.52. The summed E-state index contributed by atoms with van der Waals surface area (Å²) in [5.74, 6) is 0.0533. The Hall–Kier alpha value is -1.95. The van der Waals surface area contributed by atoms with E-state index in [2.05, 4.69) is 4.74 Å². The second kappa shape index (κ2) is 7.08. The monoisotopic (exact) mass is 323 g/mol. The van der Waals surface area contributed by atoms with Gasteiger partial charge >= 0.3 is 6.61 Å². The van der Waals surface area contributed by atoms with Crippen LogP contribution < -0.4 is 10.3 Å². The Bertz CT molecular complexity index is 725. The first-order valence-corrected chi connectivity index (χ1v) is 7.83. The van der Waals surface area contributed by atoms with Crippen LogP contribution in [0, 0.1) is 0 Å². The van der Waals surface area contributed by atoms with Gasteiger partial charge in [0, 0.05) is 25.3 Å². The van der Waals surface area contributed by atoms with Gasteiger partial charge in [-0.1, -0.05) is 0 Å². The molecule has 0 atom stereocenters. The van der Waals surface area contributed by atoms with Gasteiger partial charge in [0.25, 0.3) is 5.56 Å². The minimum Gasteiger partial charge on any atom is -0.435 e. The number of halogens is 2. The summed E-state index contributed by atoms with van der Waals surface area (Å²) >= 11 is 0. The third kappa shape index (κ3) is 3.88. The van der Waals surface area contributed by atoms with Crippen LogP contribution in [0.1, 0.15) is 25.7 Å². The van der Waals surface area contributed by atoms with Crippen molar-refractivity contribution in [2.75, 3.05) is 6.61 Å². The van der Waals surface area contributed by atoms with Crippen molar-refractivity contribution in [2.45, 2.75) is 44.9 Å². The van der Waals surface area contributed by atoms with Crippen molar-refractivity contribution in [3.63, 3.8) is 0 Å². The molecule has 1 aromatic heterocycles. The van der Waals surface area contributed by atoms with E-state index in [1.807, 2.05) is 0 Å². The van der Waals surface area contributed by atoms with E-state index >= 15 is 0 Å². The largest absolute Gasteiger partial charge is 0.435 e. The van der Waals surface area contributed by atoms with Crippen LogP contribution in [-0.4, -0.2) is 23.9 Å². The highest BCUT2D eigenvalue weighted by Crippen LogP contribution is 2.23. The van der Waals surface area contributed by atoms with Gasteiger partial charge in [-0.25, -0.2) is 0 Å². The van der Waals surface area contributed by atoms with Gasteiger partial charge in [-0.2, -0.15) is 8.78 Å². The number of hydrogen-bond acceptors (Lipinski definition) is 3. The molecule has 0 N–H and O–H groups in total. The summed E-state index contributed by atoms with van der Waals surface area (Å²) < 4.78 is 36.4. The number of pyridine rings is 1. The van der Waals surface area contributed by atoms with E-state index in [9.17, 15) is 13.6 Å². The van der Waals surface area contributed by atoms with Crippen molar-refractivity contribution in [3.05, 3.63) is 40.7 Å². The summed E-state index contributed by atoms with van der Waals surface area (Å²) in [4.78, 5) is 12.1. The van der Waals surface area contributed by atoms with Crippen LogP contribution in [0.2, 0.25) is 0 Å². The van der Waals surface area contributed by atoms with Crippen molar-refractivity contribution in [1.82, 2.24) is 4.57 Å². The first-order valence-electron chi connectivity index (χ1n) is 7.83. The number of alkyl halides is 2. The zero-order valence-corrected chi connectivity index (χ0v) is 12.7. The van der Waals surface area contributed by atoms with Crippen LogP contribution in [0.25, 0.3) is 10.9 Å². The SMILES string of the molecule is O=c1ccc2ccc(OC(F)F)cc2n1CCCOC1CCC1. The maximum absolute atomic E-state index is 12.4. The molecule has 0 unspecified atom stereocenters. The van der Waals surface area contributed by atoms with E-state index in [0.717, 1.165) is 18.2 Å². The molecule has 1 aliphatic carbocycles. The quantitative estimate of drug-likeness (QED) is 0.732. The number of aryl methyl sites for hydroxylation is 1. The van der Waals surface area contributed by atoms with Gasteiger partial charge < -0.3 is 14.0 Å². The molecule has 2 aromatic rings. The van der Waals surface area contributed by atoms with E-state index in [1.165, 1.54) is 24.6 Å². The first-order chi connectivity index (χ1) is 11.1. The predicted octanol–water partition coefficient (Wildman–Crippen LogP) is 3.56. The van der Waals surface area contributed by atoms with E-state index in [-0.39, 0.29) is 11.3 Å². The summed E-state index contributed by atoms with van der Waals surface area (Å²) in [5.41, 5.74) is 0.439. The first kappa shape index (κ1) is 15.9. The molecule has 0 amide bonds. The Kier molecular flexibility index (Phi) is 4.91. The van der Waals surface area contributed by atoms with Gasteiger partial charge in [0.1, 0.15) is 5.75 Å². The minimum atomic E-state index is -2.88. The number of hydrogen-bond donors (Lipinski definition) is 0. The molecule has 3 rings (SSSR count). The van der Waals surface area contributed by atoms with E-state index in [0.29, 0.717) is 31.2 Å². The van der Waals surface area contributed by atoms with Crippen LogP contribution in [0.5, 0.6) is 5.75 Å².